The summed E-state index contributed by atoms with van der Waals surface area (Å²) in [4.78, 5) is 61.0. The highest BCUT2D eigenvalue weighted by Crippen LogP contribution is 2.37. The molecule has 2 fully saturated rings. The molecule has 4 amide bonds. The third-order valence-electron chi connectivity index (χ3n) is 9.56. The first-order valence-corrected chi connectivity index (χ1v) is 16.4. The van der Waals surface area contributed by atoms with Gasteiger partial charge in [0.1, 0.15) is 6.04 Å². The number of carbonyl (C=O) groups is 4. The van der Waals surface area contributed by atoms with Crippen LogP contribution in [0.3, 0.4) is 0 Å². The summed E-state index contributed by atoms with van der Waals surface area (Å²) in [5.41, 5.74) is 3.35. The SMILES string of the molecule is CNC(=O)[C@H](CCCc1ccccc1)NC(=O)C1CN(C(=O)Cc2c[nH]c3cc(Cl)ccc23)CC2CN(C(=O)c3cnn(C)c3)CC21. The van der Waals surface area contributed by atoms with Crippen LogP contribution >= 0.6 is 11.6 Å². The van der Waals surface area contributed by atoms with Crippen LogP contribution in [0.2, 0.25) is 5.02 Å². The summed E-state index contributed by atoms with van der Waals surface area (Å²) in [5, 5.41) is 11.4. The molecule has 2 aliphatic rings. The number of rotatable bonds is 10. The monoisotopic (exact) mass is 657 g/mol. The van der Waals surface area contributed by atoms with Gasteiger partial charge < -0.3 is 25.4 Å². The van der Waals surface area contributed by atoms with Crippen molar-refractivity contribution in [1.82, 2.24) is 35.2 Å². The van der Waals surface area contributed by atoms with Crippen molar-refractivity contribution in [3.8, 4) is 0 Å². The number of likely N-dealkylation sites (tertiary alicyclic amines) is 2. The average Bonchev–Trinajstić information content (AvgIpc) is 3.81. The van der Waals surface area contributed by atoms with Gasteiger partial charge in [0.25, 0.3) is 5.91 Å². The molecule has 0 spiro atoms. The molecule has 2 aromatic carbocycles. The van der Waals surface area contributed by atoms with Gasteiger partial charge >= 0.3 is 0 Å². The van der Waals surface area contributed by atoms with Crippen molar-refractivity contribution >= 4 is 46.1 Å². The van der Waals surface area contributed by atoms with E-state index in [1.54, 1.807) is 47.0 Å². The van der Waals surface area contributed by atoms with Crippen LogP contribution in [-0.2, 0) is 34.3 Å². The molecule has 3 N–H and O–H groups in total. The predicted molar refractivity (Wildman–Crippen MR) is 179 cm³/mol. The molecule has 246 valence electrons. The Labute approximate surface area is 278 Å². The van der Waals surface area contributed by atoms with Crippen LogP contribution in [0.1, 0.15) is 34.3 Å². The molecule has 47 heavy (non-hydrogen) atoms. The lowest BCUT2D eigenvalue weighted by Gasteiger charge is -2.40. The lowest BCUT2D eigenvalue weighted by molar-refractivity contribution is -0.140. The number of aryl methyl sites for hydroxylation is 2. The minimum Gasteiger partial charge on any atom is -0.361 e. The third-order valence-corrected chi connectivity index (χ3v) is 9.80. The van der Waals surface area contributed by atoms with Gasteiger partial charge in [-0.05, 0) is 54.4 Å². The summed E-state index contributed by atoms with van der Waals surface area (Å²) >= 11 is 6.16. The van der Waals surface area contributed by atoms with E-state index >= 15 is 0 Å². The number of aromatic amines is 1. The molecular formula is C35H40ClN7O4. The molecule has 4 aromatic rings. The van der Waals surface area contributed by atoms with Crippen LogP contribution in [0, 0.1) is 17.8 Å². The van der Waals surface area contributed by atoms with Crippen LogP contribution in [-0.4, -0.2) is 87.5 Å². The van der Waals surface area contributed by atoms with Crippen molar-refractivity contribution in [1.29, 1.82) is 0 Å². The molecule has 2 saturated heterocycles. The predicted octanol–water partition coefficient (Wildman–Crippen LogP) is 3.20. The zero-order chi connectivity index (χ0) is 33.1. The molecule has 0 saturated carbocycles. The van der Waals surface area contributed by atoms with E-state index in [0.29, 0.717) is 43.1 Å². The largest absolute Gasteiger partial charge is 0.361 e. The van der Waals surface area contributed by atoms with E-state index in [0.717, 1.165) is 22.9 Å². The normalized spacial score (nSPS) is 19.8. The second-order valence-corrected chi connectivity index (χ2v) is 13.1. The van der Waals surface area contributed by atoms with Crippen molar-refractivity contribution in [3.63, 3.8) is 0 Å². The summed E-state index contributed by atoms with van der Waals surface area (Å²) in [6, 6.07) is 14.8. The van der Waals surface area contributed by atoms with E-state index in [2.05, 4.69) is 20.7 Å². The van der Waals surface area contributed by atoms with Gasteiger partial charge in [-0.2, -0.15) is 5.10 Å². The highest BCUT2D eigenvalue weighted by molar-refractivity contribution is 6.31. The van der Waals surface area contributed by atoms with E-state index in [-0.39, 0.29) is 48.4 Å². The number of likely N-dealkylation sites (N-methyl/N-ethyl adjacent to an activating group) is 1. The average molecular weight is 658 g/mol. The number of carbonyl (C=O) groups excluding carboxylic acids is 4. The third kappa shape index (κ3) is 7.20. The molecule has 11 nitrogen and oxygen atoms in total. The Hall–Kier alpha value is -4.64. The van der Waals surface area contributed by atoms with Crippen molar-refractivity contribution in [2.24, 2.45) is 24.8 Å². The number of hydrogen-bond donors (Lipinski definition) is 3. The number of hydrogen-bond acceptors (Lipinski definition) is 5. The number of fused-ring (bicyclic) bond motifs is 2. The van der Waals surface area contributed by atoms with E-state index < -0.39 is 12.0 Å². The van der Waals surface area contributed by atoms with Crippen LogP contribution in [0.4, 0.5) is 0 Å². The van der Waals surface area contributed by atoms with Gasteiger partial charge in [0.2, 0.25) is 17.7 Å². The first kappa shape index (κ1) is 32.3. The van der Waals surface area contributed by atoms with Crippen molar-refractivity contribution in [2.75, 3.05) is 33.2 Å². The number of benzene rings is 2. The fraction of sp³-hybridized carbons (Fsp3) is 0.400. The topological polar surface area (TPSA) is 132 Å². The standard InChI is InChI=1S/C35H40ClN7O4/c1-37-34(46)30(10-6-9-22-7-4-3-5-8-22)40-33(45)29-21-42(32(44)13-23-15-38-31-14-26(36)11-12-27(23)31)18-25-19-43(20-28(25)29)35(47)24-16-39-41(2)17-24/h3-5,7-8,11-12,14-17,25,28-30,38H,6,9-10,13,18-21H2,1-2H3,(H,37,46)(H,40,45)/t25?,28?,29?,30-/m0/s1. The Balaban J connectivity index is 1.20. The Morgan fingerprint density at radius 1 is 1.04 bits per heavy atom. The first-order chi connectivity index (χ1) is 22.7. The summed E-state index contributed by atoms with van der Waals surface area (Å²) in [6.07, 6.45) is 7.18. The molecule has 2 aromatic heterocycles. The van der Waals surface area contributed by atoms with Crippen molar-refractivity contribution < 1.29 is 19.2 Å². The Morgan fingerprint density at radius 3 is 2.57 bits per heavy atom. The Morgan fingerprint density at radius 2 is 1.83 bits per heavy atom. The van der Waals surface area contributed by atoms with E-state index in [1.165, 1.54) is 5.56 Å². The molecule has 4 heterocycles. The number of aromatic nitrogens is 3. The van der Waals surface area contributed by atoms with E-state index in [9.17, 15) is 19.2 Å². The van der Waals surface area contributed by atoms with Crippen molar-refractivity contribution in [2.45, 2.75) is 31.7 Å². The van der Waals surface area contributed by atoms with Crippen LogP contribution in [0.5, 0.6) is 0 Å². The number of halogens is 1. The molecule has 12 heteroatoms. The zero-order valence-corrected chi connectivity index (χ0v) is 27.4. The second kappa shape index (κ2) is 14.0. The number of piperidine rings is 1. The van der Waals surface area contributed by atoms with Crippen LogP contribution < -0.4 is 10.6 Å². The molecule has 2 aliphatic heterocycles. The number of nitrogens with one attached hydrogen (secondary N) is 3. The lowest BCUT2D eigenvalue weighted by Crippen LogP contribution is -2.56. The van der Waals surface area contributed by atoms with Gasteiger partial charge in [-0.1, -0.05) is 48.0 Å². The van der Waals surface area contributed by atoms with Gasteiger partial charge in [0.15, 0.2) is 0 Å². The minimum absolute atomic E-state index is 0.0950. The fourth-order valence-electron chi connectivity index (χ4n) is 7.09. The Bertz CT molecular complexity index is 1770. The van der Waals surface area contributed by atoms with E-state index in [4.69, 9.17) is 11.6 Å². The molecule has 4 atom stereocenters. The van der Waals surface area contributed by atoms with Gasteiger partial charge in [-0.15, -0.1) is 0 Å². The van der Waals surface area contributed by atoms with Gasteiger partial charge in [-0.3, -0.25) is 23.9 Å². The van der Waals surface area contributed by atoms with Crippen molar-refractivity contribution in [3.05, 3.63) is 88.8 Å². The van der Waals surface area contributed by atoms with Gasteiger partial charge in [-0.25, -0.2) is 0 Å². The lowest BCUT2D eigenvalue weighted by atomic mass is 9.79. The first-order valence-electron chi connectivity index (χ1n) is 16.1. The van der Waals surface area contributed by atoms with Gasteiger partial charge in [0, 0.05) is 68.6 Å². The summed E-state index contributed by atoms with van der Waals surface area (Å²) in [6.45, 7) is 1.46. The maximum atomic E-state index is 14.1. The van der Waals surface area contributed by atoms with Crippen LogP contribution in [0.25, 0.3) is 10.9 Å². The minimum atomic E-state index is -0.715. The summed E-state index contributed by atoms with van der Waals surface area (Å²) < 4.78 is 1.59. The summed E-state index contributed by atoms with van der Waals surface area (Å²) in [7, 11) is 3.32. The Kier molecular flexibility index (Phi) is 9.63. The number of amides is 4. The number of nitrogens with zero attached hydrogens (tertiary/aromatic N) is 4. The molecule has 0 bridgehead atoms. The smallest absolute Gasteiger partial charge is 0.257 e. The fourth-order valence-corrected chi connectivity index (χ4v) is 7.27. The number of H-pyrrole nitrogens is 1. The van der Waals surface area contributed by atoms with Crippen LogP contribution in [0.15, 0.2) is 67.1 Å². The molecule has 0 radical (unpaired) electrons. The summed E-state index contributed by atoms with van der Waals surface area (Å²) in [5.74, 6) is -1.63. The van der Waals surface area contributed by atoms with Gasteiger partial charge in [0.05, 0.1) is 24.1 Å². The molecule has 3 unspecified atom stereocenters. The van der Waals surface area contributed by atoms with E-state index in [1.807, 2.05) is 48.7 Å². The quantitative estimate of drug-likeness (QED) is 0.241. The molecule has 0 aliphatic carbocycles. The maximum absolute atomic E-state index is 14.1. The highest BCUT2D eigenvalue weighted by Gasteiger charge is 2.48. The maximum Gasteiger partial charge on any atom is 0.257 e. The second-order valence-electron chi connectivity index (χ2n) is 12.7. The molecule has 6 rings (SSSR count). The zero-order valence-electron chi connectivity index (χ0n) is 26.6. The highest BCUT2D eigenvalue weighted by atomic mass is 35.5. The molecular weight excluding hydrogens is 618 g/mol.